The highest BCUT2D eigenvalue weighted by Crippen LogP contribution is 2.30. The molecule has 1 aliphatic carbocycles. The van der Waals surface area contributed by atoms with Crippen molar-refractivity contribution in [1.29, 1.82) is 0 Å². The van der Waals surface area contributed by atoms with Crippen LogP contribution in [0.1, 0.15) is 49.3 Å². The molecule has 0 spiro atoms. The molecule has 140 valence electrons. The van der Waals surface area contributed by atoms with Crippen LogP contribution in [0, 0.1) is 5.82 Å². The molecule has 5 nitrogen and oxygen atoms in total. The topological polar surface area (TPSA) is 74.5 Å². The van der Waals surface area contributed by atoms with Gasteiger partial charge in [0.15, 0.2) is 0 Å². The first-order valence-corrected chi connectivity index (χ1v) is 9.08. The molecule has 1 saturated carbocycles. The average Bonchev–Trinajstić information content (AvgIpc) is 3.32. The van der Waals surface area contributed by atoms with Gasteiger partial charge in [0.1, 0.15) is 11.6 Å². The summed E-state index contributed by atoms with van der Waals surface area (Å²) in [7, 11) is 0. The quantitative estimate of drug-likeness (QED) is 0.707. The van der Waals surface area contributed by atoms with Gasteiger partial charge in [0.05, 0.1) is 18.4 Å². The van der Waals surface area contributed by atoms with Crippen LogP contribution in [0.25, 0.3) is 0 Å². The zero-order valence-corrected chi connectivity index (χ0v) is 14.7. The van der Waals surface area contributed by atoms with E-state index >= 15 is 0 Å². The number of nitrogens with one attached hydrogen (secondary N) is 2. The highest BCUT2D eigenvalue weighted by Gasteiger charge is 2.34. The maximum absolute atomic E-state index is 13.2. The molecule has 1 aromatic carbocycles. The van der Waals surface area contributed by atoms with Gasteiger partial charge >= 0.3 is 6.03 Å². The van der Waals surface area contributed by atoms with Crippen LogP contribution < -0.4 is 10.6 Å². The number of benzene rings is 1. The van der Waals surface area contributed by atoms with Crippen LogP contribution in [0.15, 0.2) is 47.1 Å². The van der Waals surface area contributed by atoms with Crippen LogP contribution in [-0.2, 0) is 0 Å². The first-order valence-electron chi connectivity index (χ1n) is 9.08. The summed E-state index contributed by atoms with van der Waals surface area (Å²) in [5.41, 5.74) is 0.452. The summed E-state index contributed by atoms with van der Waals surface area (Å²) < 4.78 is 18.7. The fraction of sp³-hybridized carbons (Fsp3) is 0.450. The van der Waals surface area contributed by atoms with E-state index in [-0.39, 0.29) is 24.4 Å². The number of aliphatic hydroxyl groups excluding tert-OH is 1. The molecule has 0 saturated heterocycles. The summed E-state index contributed by atoms with van der Waals surface area (Å²) in [5.74, 6) is 0.431. The molecular formula is C20H25FN2O3. The molecule has 0 bridgehead atoms. The first-order chi connectivity index (χ1) is 12.6. The second kappa shape index (κ2) is 8.36. The van der Waals surface area contributed by atoms with Crippen molar-refractivity contribution in [2.45, 2.75) is 43.6 Å². The average molecular weight is 360 g/mol. The molecule has 0 radical (unpaired) electrons. The van der Waals surface area contributed by atoms with Crippen molar-refractivity contribution in [2.24, 2.45) is 0 Å². The van der Waals surface area contributed by atoms with E-state index in [1.807, 2.05) is 12.1 Å². The number of furan rings is 1. The van der Waals surface area contributed by atoms with Crippen molar-refractivity contribution >= 4 is 6.03 Å². The number of carbonyl (C=O) groups excluding carboxylic acids is 1. The third-order valence-corrected chi connectivity index (χ3v) is 5.12. The molecule has 1 aliphatic rings. The SMILES string of the molecule is O=C(NCC[C@H](c1ccc(F)cc1)c1ccco1)NC1(CO)CCCC1. The van der Waals surface area contributed by atoms with E-state index in [2.05, 4.69) is 10.6 Å². The van der Waals surface area contributed by atoms with Crippen molar-refractivity contribution in [3.05, 3.63) is 59.8 Å². The Hall–Kier alpha value is -2.34. The standard InChI is InChI=1S/C20H25FN2O3/c21-16-7-5-15(6-8-16)17(18-4-3-13-26-18)9-12-22-19(25)23-20(14-24)10-1-2-11-20/h3-8,13,17,24H,1-2,9-12,14H2,(H2,22,23,25)/t17-/m1/s1. The summed E-state index contributed by atoms with van der Waals surface area (Å²) in [6, 6.07) is 9.76. The number of aliphatic hydroxyl groups is 1. The van der Waals surface area contributed by atoms with Gasteiger partial charge in [0.2, 0.25) is 0 Å². The third kappa shape index (κ3) is 4.43. The lowest BCUT2D eigenvalue weighted by molar-refractivity contribution is 0.163. The number of rotatable bonds is 7. The van der Waals surface area contributed by atoms with E-state index in [0.717, 1.165) is 37.0 Å². The van der Waals surface area contributed by atoms with E-state index in [1.54, 1.807) is 18.4 Å². The van der Waals surface area contributed by atoms with Crippen molar-refractivity contribution < 1.29 is 18.7 Å². The van der Waals surface area contributed by atoms with Crippen molar-refractivity contribution in [1.82, 2.24) is 10.6 Å². The second-order valence-corrected chi connectivity index (χ2v) is 6.93. The van der Waals surface area contributed by atoms with E-state index < -0.39 is 5.54 Å². The lowest BCUT2D eigenvalue weighted by Crippen LogP contribution is -2.53. The fourth-order valence-electron chi connectivity index (χ4n) is 3.65. The summed E-state index contributed by atoms with van der Waals surface area (Å²) in [6.45, 7) is 0.404. The van der Waals surface area contributed by atoms with E-state index in [0.29, 0.717) is 13.0 Å². The molecule has 3 N–H and O–H groups in total. The molecule has 1 atom stereocenters. The van der Waals surface area contributed by atoms with E-state index in [1.165, 1.54) is 12.1 Å². The Bertz CT molecular complexity index is 694. The molecule has 3 rings (SSSR count). The molecule has 6 heteroatoms. The Labute approximate surface area is 152 Å². The van der Waals surface area contributed by atoms with Crippen molar-refractivity contribution in [3.8, 4) is 0 Å². The predicted molar refractivity (Wildman–Crippen MR) is 96.4 cm³/mol. The second-order valence-electron chi connectivity index (χ2n) is 6.93. The van der Waals surface area contributed by atoms with Gasteiger partial charge in [0, 0.05) is 12.5 Å². The number of amides is 2. The van der Waals surface area contributed by atoms with Gasteiger partial charge in [-0.2, -0.15) is 0 Å². The Kier molecular flexibility index (Phi) is 5.93. The summed E-state index contributed by atoms with van der Waals surface area (Å²) in [6.07, 6.45) is 5.89. The van der Waals surface area contributed by atoms with E-state index in [4.69, 9.17) is 4.42 Å². The van der Waals surface area contributed by atoms with E-state index in [9.17, 15) is 14.3 Å². The minimum absolute atomic E-state index is 0.0367. The largest absolute Gasteiger partial charge is 0.469 e. The van der Waals surface area contributed by atoms with Crippen LogP contribution in [0.5, 0.6) is 0 Å². The van der Waals surface area contributed by atoms with Gasteiger partial charge in [-0.25, -0.2) is 9.18 Å². The fourth-order valence-corrected chi connectivity index (χ4v) is 3.65. The first kappa shape index (κ1) is 18.5. The Morgan fingerprint density at radius 2 is 1.96 bits per heavy atom. The van der Waals surface area contributed by atoms with Gasteiger partial charge in [-0.05, 0) is 49.1 Å². The normalized spacial score (nSPS) is 17.0. The zero-order chi connectivity index (χ0) is 18.4. The van der Waals surface area contributed by atoms with Crippen LogP contribution in [0.4, 0.5) is 9.18 Å². The summed E-state index contributed by atoms with van der Waals surface area (Å²) in [4.78, 5) is 12.2. The summed E-state index contributed by atoms with van der Waals surface area (Å²) in [5, 5.41) is 15.4. The van der Waals surface area contributed by atoms with Crippen molar-refractivity contribution in [3.63, 3.8) is 0 Å². The molecule has 1 heterocycles. The maximum atomic E-state index is 13.2. The van der Waals surface area contributed by atoms with Crippen LogP contribution in [0.2, 0.25) is 0 Å². The number of halogens is 1. The van der Waals surface area contributed by atoms with Gasteiger partial charge in [-0.15, -0.1) is 0 Å². The Morgan fingerprint density at radius 1 is 1.23 bits per heavy atom. The minimum Gasteiger partial charge on any atom is -0.469 e. The molecule has 1 fully saturated rings. The van der Waals surface area contributed by atoms with Gasteiger partial charge < -0.3 is 20.2 Å². The third-order valence-electron chi connectivity index (χ3n) is 5.12. The zero-order valence-electron chi connectivity index (χ0n) is 14.7. The molecular weight excluding hydrogens is 335 g/mol. The van der Waals surface area contributed by atoms with Gasteiger partial charge in [-0.3, -0.25) is 0 Å². The monoisotopic (exact) mass is 360 g/mol. The number of urea groups is 1. The van der Waals surface area contributed by atoms with Gasteiger partial charge in [0.25, 0.3) is 0 Å². The lowest BCUT2D eigenvalue weighted by atomic mass is 9.93. The molecule has 26 heavy (non-hydrogen) atoms. The Morgan fingerprint density at radius 3 is 2.58 bits per heavy atom. The summed E-state index contributed by atoms with van der Waals surface area (Å²) >= 11 is 0. The smallest absolute Gasteiger partial charge is 0.315 e. The number of hydrogen-bond acceptors (Lipinski definition) is 3. The maximum Gasteiger partial charge on any atom is 0.315 e. The van der Waals surface area contributed by atoms with Crippen LogP contribution >= 0.6 is 0 Å². The highest BCUT2D eigenvalue weighted by atomic mass is 19.1. The number of carbonyl (C=O) groups is 1. The Balaban J connectivity index is 1.58. The van der Waals surface area contributed by atoms with Gasteiger partial charge in [-0.1, -0.05) is 25.0 Å². The lowest BCUT2D eigenvalue weighted by Gasteiger charge is -2.28. The number of hydrogen-bond donors (Lipinski definition) is 3. The van der Waals surface area contributed by atoms with Crippen molar-refractivity contribution in [2.75, 3.05) is 13.2 Å². The molecule has 2 aromatic rings. The van der Waals surface area contributed by atoms with Crippen LogP contribution in [-0.4, -0.2) is 29.8 Å². The predicted octanol–water partition coefficient (Wildman–Crippen LogP) is 3.55. The highest BCUT2D eigenvalue weighted by molar-refractivity contribution is 5.74. The molecule has 0 unspecified atom stereocenters. The van der Waals surface area contributed by atoms with Crippen LogP contribution in [0.3, 0.4) is 0 Å². The minimum atomic E-state index is -0.485. The molecule has 0 aliphatic heterocycles. The molecule has 1 aromatic heterocycles. The molecule has 2 amide bonds.